The molecule has 3 aromatic rings. The number of sulfonamides is 1. The molecule has 1 N–H and O–H groups in total. The Morgan fingerprint density at radius 3 is 2.34 bits per heavy atom. The van der Waals surface area contributed by atoms with E-state index in [9.17, 15) is 13.2 Å². The number of carbonyl (C=O) groups is 1. The highest BCUT2D eigenvalue weighted by Gasteiger charge is 2.29. The third-order valence-electron chi connectivity index (χ3n) is 5.69. The van der Waals surface area contributed by atoms with Crippen LogP contribution in [-0.4, -0.2) is 56.8 Å². The zero-order valence-electron chi connectivity index (χ0n) is 18.2. The molecule has 8 heteroatoms. The standard InChI is InChI=1S/C24H27N3O4S/c1-18(23-9-6-14-31-23)25-24(28)21-15-20(19-7-4-3-5-8-19)16-22(17-21)32(29,30)27-12-10-26(2)11-13-27/h3-9,14-18H,10-13H2,1-2H3,(H,25,28)/t18-/m1/s1. The van der Waals surface area contributed by atoms with E-state index in [4.69, 9.17) is 4.42 Å². The number of nitrogens with zero attached hydrogens (tertiary/aromatic N) is 2. The van der Waals surface area contributed by atoms with Crippen molar-refractivity contribution in [1.29, 1.82) is 0 Å². The predicted octanol–water partition coefficient (Wildman–Crippen LogP) is 3.37. The molecule has 4 rings (SSSR count). The lowest BCUT2D eigenvalue weighted by atomic mass is 10.0. The molecule has 0 saturated carbocycles. The summed E-state index contributed by atoms with van der Waals surface area (Å²) in [5, 5.41) is 2.89. The van der Waals surface area contributed by atoms with Crippen LogP contribution in [0.4, 0.5) is 0 Å². The van der Waals surface area contributed by atoms with Crippen LogP contribution in [-0.2, 0) is 10.0 Å². The van der Waals surface area contributed by atoms with Gasteiger partial charge in [-0.25, -0.2) is 8.42 Å². The van der Waals surface area contributed by atoms with Gasteiger partial charge in [-0.15, -0.1) is 0 Å². The molecule has 1 saturated heterocycles. The first-order valence-corrected chi connectivity index (χ1v) is 12.0. The summed E-state index contributed by atoms with van der Waals surface area (Å²) < 4.78 is 33.7. The molecule has 2 aromatic carbocycles. The number of piperazine rings is 1. The Morgan fingerprint density at radius 2 is 1.69 bits per heavy atom. The summed E-state index contributed by atoms with van der Waals surface area (Å²) in [6.07, 6.45) is 1.55. The molecule has 0 spiro atoms. The number of likely N-dealkylation sites (N-methyl/N-ethyl adjacent to an activating group) is 1. The normalized spacial score (nSPS) is 16.6. The Labute approximate surface area is 188 Å². The Bertz CT molecular complexity index is 1170. The number of hydrogen-bond donors (Lipinski definition) is 1. The van der Waals surface area contributed by atoms with Crippen molar-refractivity contribution < 1.29 is 17.6 Å². The lowest BCUT2D eigenvalue weighted by Crippen LogP contribution is -2.47. The maximum Gasteiger partial charge on any atom is 0.251 e. The van der Waals surface area contributed by atoms with Gasteiger partial charge in [0.2, 0.25) is 10.0 Å². The fraction of sp³-hybridized carbons (Fsp3) is 0.292. The van der Waals surface area contributed by atoms with E-state index in [0.717, 1.165) is 5.56 Å². The number of amides is 1. The molecule has 0 bridgehead atoms. The average molecular weight is 454 g/mol. The van der Waals surface area contributed by atoms with Crippen molar-refractivity contribution in [2.75, 3.05) is 33.2 Å². The summed E-state index contributed by atoms with van der Waals surface area (Å²) in [4.78, 5) is 15.3. The van der Waals surface area contributed by atoms with Gasteiger partial charge in [0.1, 0.15) is 5.76 Å². The third-order valence-corrected chi connectivity index (χ3v) is 7.57. The summed E-state index contributed by atoms with van der Waals surface area (Å²) in [5.41, 5.74) is 1.81. The lowest BCUT2D eigenvalue weighted by molar-refractivity contribution is 0.0935. The number of carbonyl (C=O) groups excluding carboxylic acids is 1. The van der Waals surface area contributed by atoms with Gasteiger partial charge in [-0.2, -0.15) is 4.31 Å². The summed E-state index contributed by atoms with van der Waals surface area (Å²) in [6, 6.07) is 17.5. The topological polar surface area (TPSA) is 82.9 Å². The fourth-order valence-corrected chi connectivity index (χ4v) is 5.24. The molecule has 1 amide bonds. The van der Waals surface area contributed by atoms with Gasteiger partial charge in [0.05, 0.1) is 17.2 Å². The van der Waals surface area contributed by atoms with Crippen LogP contribution >= 0.6 is 0 Å². The molecule has 1 aromatic heterocycles. The second-order valence-corrected chi connectivity index (χ2v) is 9.97. The largest absolute Gasteiger partial charge is 0.467 e. The summed E-state index contributed by atoms with van der Waals surface area (Å²) in [7, 11) is -1.76. The second-order valence-electron chi connectivity index (χ2n) is 8.03. The monoisotopic (exact) mass is 453 g/mol. The van der Waals surface area contributed by atoms with Crippen LogP contribution in [0, 0.1) is 0 Å². The average Bonchev–Trinajstić information content (AvgIpc) is 3.35. The number of rotatable bonds is 6. The fourth-order valence-electron chi connectivity index (χ4n) is 3.74. The van der Waals surface area contributed by atoms with Crippen LogP contribution in [0.25, 0.3) is 11.1 Å². The smallest absolute Gasteiger partial charge is 0.251 e. The molecule has 32 heavy (non-hydrogen) atoms. The molecule has 168 valence electrons. The minimum Gasteiger partial charge on any atom is -0.467 e. The molecule has 0 radical (unpaired) electrons. The maximum absolute atomic E-state index is 13.4. The van der Waals surface area contributed by atoms with Gasteiger partial charge in [-0.1, -0.05) is 30.3 Å². The Hall–Kier alpha value is -2.94. The molecule has 0 aliphatic carbocycles. The first kappa shape index (κ1) is 22.3. The number of benzene rings is 2. The highest BCUT2D eigenvalue weighted by atomic mass is 32.2. The first-order chi connectivity index (χ1) is 15.3. The van der Waals surface area contributed by atoms with Gasteiger partial charge < -0.3 is 14.6 Å². The zero-order valence-corrected chi connectivity index (χ0v) is 19.0. The zero-order chi connectivity index (χ0) is 22.7. The third kappa shape index (κ3) is 4.77. The highest BCUT2D eigenvalue weighted by molar-refractivity contribution is 7.89. The molecular formula is C24H27N3O4S. The van der Waals surface area contributed by atoms with Crippen molar-refractivity contribution in [3.8, 4) is 11.1 Å². The second kappa shape index (κ2) is 9.28. The van der Waals surface area contributed by atoms with E-state index in [0.29, 0.717) is 37.5 Å². The van der Waals surface area contributed by atoms with Gasteiger partial charge in [-0.3, -0.25) is 4.79 Å². The van der Waals surface area contributed by atoms with Gasteiger partial charge >= 0.3 is 0 Å². The number of hydrogen-bond acceptors (Lipinski definition) is 5. The van der Waals surface area contributed by atoms with E-state index in [1.165, 1.54) is 10.4 Å². The molecule has 1 atom stereocenters. The Kier molecular flexibility index (Phi) is 6.45. The van der Waals surface area contributed by atoms with Crippen LogP contribution in [0.2, 0.25) is 0 Å². The minimum atomic E-state index is -3.74. The van der Waals surface area contributed by atoms with Crippen molar-refractivity contribution in [2.45, 2.75) is 17.9 Å². The molecule has 1 aliphatic rings. The van der Waals surface area contributed by atoms with Crippen molar-refractivity contribution in [3.63, 3.8) is 0 Å². The van der Waals surface area contributed by atoms with Crippen molar-refractivity contribution in [2.24, 2.45) is 0 Å². The molecule has 0 unspecified atom stereocenters. The maximum atomic E-state index is 13.4. The van der Waals surface area contributed by atoms with E-state index in [-0.39, 0.29) is 22.4 Å². The summed E-state index contributed by atoms with van der Waals surface area (Å²) >= 11 is 0. The quantitative estimate of drug-likeness (QED) is 0.619. The Balaban J connectivity index is 1.71. The van der Waals surface area contributed by atoms with Crippen LogP contribution in [0.1, 0.15) is 29.1 Å². The van der Waals surface area contributed by atoms with Crippen LogP contribution < -0.4 is 5.32 Å². The van der Waals surface area contributed by atoms with E-state index < -0.39 is 10.0 Å². The molecule has 7 nitrogen and oxygen atoms in total. The Morgan fingerprint density at radius 1 is 0.969 bits per heavy atom. The van der Waals surface area contributed by atoms with Crippen molar-refractivity contribution in [3.05, 3.63) is 78.3 Å². The highest BCUT2D eigenvalue weighted by Crippen LogP contribution is 2.27. The molecule has 1 aliphatic heterocycles. The van der Waals surface area contributed by atoms with E-state index in [1.54, 1.807) is 30.5 Å². The number of furan rings is 1. The minimum absolute atomic E-state index is 0.124. The number of nitrogens with one attached hydrogen (secondary N) is 1. The van der Waals surface area contributed by atoms with E-state index in [2.05, 4.69) is 10.2 Å². The predicted molar refractivity (Wildman–Crippen MR) is 123 cm³/mol. The first-order valence-electron chi connectivity index (χ1n) is 10.6. The molecular weight excluding hydrogens is 426 g/mol. The van der Waals surface area contributed by atoms with E-state index >= 15 is 0 Å². The molecule has 2 heterocycles. The van der Waals surface area contributed by atoms with Crippen molar-refractivity contribution >= 4 is 15.9 Å². The van der Waals surface area contributed by atoms with Gasteiger partial charge in [0, 0.05) is 31.7 Å². The summed E-state index contributed by atoms with van der Waals surface area (Å²) in [6.45, 7) is 4.01. The van der Waals surface area contributed by atoms with Gasteiger partial charge in [0.15, 0.2) is 0 Å². The SMILES string of the molecule is C[C@@H](NC(=O)c1cc(-c2ccccc2)cc(S(=O)(=O)N2CCN(C)CC2)c1)c1ccco1. The van der Waals surface area contributed by atoms with Crippen LogP contribution in [0.3, 0.4) is 0 Å². The van der Waals surface area contributed by atoms with Crippen molar-refractivity contribution in [1.82, 2.24) is 14.5 Å². The van der Waals surface area contributed by atoms with E-state index in [1.807, 2.05) is 44.3 Å². The van der Waals surface area contributed by atoms with Crippen LogP contribution in [0.5, 0.6) is 0 Å². The lowest BCUT2D eigenvalue weighted by Gasteiger charge is -2.31. The summed E-state index contributed by atoms with van der Waals surface area (Å²) in [5.74, 6) is 0.268. The van der Waals surface area contributed by atoms with Crippen LogP contribution in [0.15, 0.2) is 76.2 Å². The molecule has 1 fully saturated rings. The van der Waals surface area contributed by atoms with Gasteiger partial charge in [0.25, 0.3) is 5.91 Å². The van der Waals surface area contributed by atoms with Gasteiger partial charge in [-0.05, 0) is 55.4 Å².